The molecule has 3 heterocycles. The summed E-state index contributed by atoms with van der Waals surface area (Å²) in [5.41, 5.74) is -0.0409. The van der Waals surface area contributed by atoms with Crippen LogP contribution in [0.15, 0.2) is 24.3 Å². The fourth-order valence-corrected chi connectivity index (χ4v) is 6.04. The Morgan fingerprint density at radius 1 is 1.06 bits per heavy atom. The Morgan fingerprint density at radius 3 is 2.32 bits per heavy atom. The minimum atomic E-state index is -0.594. The van der Waals surface area contributed by atoms with E-state index in [4.69, 9.17) is 11.6 Å². The van der Waals surface area contributed by atoms with E-state index >= 15 is 0 Å². The van der Waals surface area contributed by atoms with Crippen LogP contribution in [-0.2, 0) is 0 Å². The molecule has 10 heteroatoms. The van der Waals surface area contributed by atoms with Crippen molar-refractivity contribution in [2.45, 2.75) is 13.8 Å². The topological polar surface area (TPSA) is 56.8 Å². The number of piperazine rings is 1. The number of carbonyl (C=O) groups is 2. The molecule has 1 aliphatic heterocycles. The molecule has 0 saturated carbocycles. The van der Waals surface area contributed by atoms with Crippen molar-refractivity contribution in [3.05, 3.63) is 45.5 Å². The van der Waals surface area contributed by atoms with Crippen LogP contribution in [0.2, 0.25) is 5.02 Å². The van der Waals surface area contributed by atoms with Gasteiger partial charge in [-0.2, -0.15) is 0 Å². The van der Waals surface area contributed by atoms with Gasteiger partial charge in [0.25, 0.3) is 11.8 Å². The van der Waals surface area contributed by atoms with E-state index in [0.29, 0.717) is 36.1 Å². The van der Waals surface area contributed by atoms with Gasteiger partial charge in [0.2, 0.25) is 0 Å². The van der Waals surface area contributed by atoms with Crippen molar-refractivity contribution in [2.24, 2.45) is 0 Å². The normalized spacial score (nSPS) is 14.3. The summed E-state index contributed by atoms with van der Waals surface area (Å²) in [5.74, 6) is -1.05. The van der Waals surface area contributed by atoms with Gasteiger partial charge >= 0.3 is 0 Å². The van der Waals surface area contributed by atoms with Gasteiger partial charge in [-0.1, -0.05) is 22.9 Å². The van der Waals surface area contributed by atoms with E-state index in [9.17, 15) is 14.0 Å². The number of thiazole rings is 1. The molecule has 3 aromatic rings. The molecule has 2 aromatic heterocycles. The predicted molar refractivity (Wildman–Crippen MR) is 124 cm³/mol. The molecule has 2 amide bonds. The lowest BCUT2D eigenvalue weighted by atomic mass is 10.1. The maximum Gasteiger partial charge on any atom is 0.264 e. The molecule has 1 aromatic carbocycles. The minimum absolute atomic E-state index is 0.0409. The van der Waals surface area contributed by atoms with Gasteiger partial charge in [-0.05, 0) is 38.1 Å². The molecule has 0 N–H and O–H groups in total. The zero-order valence-corrected chi connectivity index (χ0v) is 19.6. The lowest BCUT2D eigenvalue weighted by Gasteiger charge is -2.34. The standard InChI is InChI=1S/C21H22ClFN4O2S2/c1-3-25(4-2)21-24-18-16(31-21)12-17(30-18)20(29)27-9-7-26(8-10-27)19(28)14-11-13(22)5-6-15(14)23/h5-6,11-12H,3-4,7-10H2,1-2H3. The molecular formula is C21H22ClFN4O2S2. The molecule has 1 saturated heterocycles. The third-order valence-corrected chi connectivity index (χ3v) is 7.78. The fraction of sp³-hybridized carbons (Fsp3) is 0.381. The van der Waals surface area contributed by atoms with Gasteiger partial charge in [0.1, 0.15) is 10.6 Å². The lowest BCUT2D eigenvalue weighted by Crippen LogP contribution is -2.50. The summed E-state index contributed by atoms with van der Waals surface area (Å²) >= 11 is 8.91. The first-order valence-electron chi connectivity index (χ1n) is 10.1. The molecule has 6 nitrogen and oxygen atoms in total. The Balaban J connectivity index is 1.41. The monoisotopic (exact) mass is 480 g/mol. The van der Waals surface area contributed by atoms with E-state index < -0.39 is 11.7 Å². The van der Waals surface area contributed by atoms with Crippen molar-refractivity contribution >= 4 is 60.8 Å². The number of amides is 2. The van der Waals surface area contributed by atoms with Gasteiger partial charge in [-0.15, -0.1) is 11.3 Å². The van der Waals surface area contributed by atoms with Crippen molar-refractivity contribution in [3.8, 4) is 0 Å². The summed E-state index contributed by atoms with van der Waals surface area (Å²) in [7, 11) is 0. The van der Waals surface area contributed by atoms with E-state index in [1.165, 1.54) is 29.5 Å². The molecule has 164 valence electrons. The Morgan fingerprint density at radius 2 is 1.71 bits per heavy atom. The number of carbonyl (C=O) groups excluding carboxylic acids is 2. The average Bonchev–Trinajstić information content (AvgIpc) is 3.35. The van der Waals surface area contributed by atoms with Gasteiger partial charge in [-0.25, -0.2) is 9.37 Å². The van der Waals surface area contributed by atoms with Crippen molar-refractivity contribution < 1.29 is 14.0 Å². The number of hydrogen-bond donors (Lipinski definition) is 0. The van der Waals surface area contributed by atoms with E-state index in [2.05, 4.69) is 23.7 Å². The van der Waals surface area contributed by atoms with Crippen LogP contribution in [0.5, 0.6) is 0 Å². The summed E-state index contributed by atoms with van der Waals surface area (Å²) in [6.45, 7) is 7.47. The number of thiophene rings is 1. The Kier molecular flexibility index (Phi) is 6.45. The second kappa shape index (κ2) is 9.10. The molecule has 0 radical (unpaired) electrons. The Hall–Kier alpha value is -2.23. The lowest BCUT2D eigenvalue weighted by molar-refractivity contribution is 0.0535. The maximum atomic E-state index is 14.0. The summed E-state index contributed by atoms with van der Waals surface area (Å²) in [6, 6.07) is 5.86. The molecule has 4 rings (SSSR count). The number of rotatable bonds is 5. The van der Waals surface area contributed by atoms with Crippen LogP contribution in [0.4, 0.5) is 9.52 Å². The highest BCUT2D eigenvalue weighted by Crippen LogP contribution is 2.35. The van der Waals surface area contributed by atoms with E-state index in [1.807, 2.05) is 6.07 Å². The van der Waals surface area contributed by atoms with Crippen LogP contribution in [0.3, 0.4) is 0 Å². The average molecular weight is 481 g/mol. The second-order valence-corrected chi connectivity index (χ2v) is 9.63. The second-order valence-electron chi connectivity index (χ2n) is 7.16. The molecule has 1 fully saturated rings. The first-order valence-corrected chi connectivity index (χ1v) is 12.1. The van der Waals surface area contributed by atoms with E-state index in [1.54, 1.807) is 21.1 Å². The van der Waals surface area contributed by atoms with Gasteiger partial charge in [0.15, 0.2) is 5.13 Å². The maximum absolute atomic E-state index is 14.0. The number of nitrogens with zero attached hydrogens (tertiary/aromatic N) is 4. The fourth-order valence-electron chi connectivity index (χ4n) is 3.56. The molecule has 0 atom stereocenters. The summed E-state index contributed by atoms with van der Waals surface area (Å²) in [5, 5.41) is 1.29. The smallest absolute Gasteiger partial charge is 0.264 e. The molecule has 0 spiro atoms. The van der Waals surface area contributed by atoms with Crippen LogP contribution in [0, 0.1) is 5.82 Å². The molecule has 1 aliphatic rings. The minimum Gasteiger partial charge on any atom is -0.349 e. The van der Waals surface area contributed by atoms with Crippen LogP contribution in [0.1, 0.15) is 33.9 Å². The zero-order valence-electron chi connectivity index (χ0n) is 17.2. The molecular weight excluding hydrogens is 459 g/mol. The van der Waals surface area contributed by atoms with Crippen LogP contribution >= 0.6 is 34.3 Å². The number of anilines is 1. The third-order valence-electron chi connectivity index (χ3n) is 5.34. The van der Waals surface area contributed by atoms with E-state index in [-0.39, 0.29) is 11.5 Å². The number of halogens is 2. The van der Waals surface area contributed by atoms with Gasteiger partial charge in [-0.3, -0.25) is 9.59 Å². The van der Waals surface area contributed by atoms with E-state index in [0.717, 1.165) is 27.8 Å². The van der Waals surface area contributed by atoms with Crippen LogP contribution < -0.4 is 4.90 Å². The van der Waals surface area contributed by atoms with Crippen molar-refractivity contribution in [1.29, 1.82) is 0 Å². The highest BCUT2D eigenvalue weighted by Gasteiger charge is 2.28. The number of fused-ring (bicyclic) bond motifs is 1. The summed E-state index contributed by atoms with van der Waals surface area (Å²) in [4.78, 5) is 37.3. The first-order chi connectivity index (χ1) is 14.9. The van der Waals surface area contributed by atoms with Crippen molar-refractivity contribution in [1.82, 2.24) is 14.8 Å². The third kappa shape index (κ3) is 4.40. The Bertz CT molecular complexity index is 1090. The number of benzene rings is 1. The summed E-state index contributed by atoms with van der Waals surface area (Å²) < 4.78 is 15.0. The summed E-state index contributed by atoms with van der Waals surface area (Å²) in [6.07, 6.45) is 0. The van der Waals surface area contributed by atoms with Gasteiger partial charge in [0, 0.05) is 44.3 Å². The molecule has 0 bridgehead atoms. The molecule has 0 unspecified atom stereocenters. The predicted octanol–water partition coefficient (Wildman–Crippen LogP) is 4.59. The largest absolute Gasteiger partial charge is 0.349 e. The van der Waals surface area contributed by atoms with Gasteiger partial charge in [0.05, 0.1) is 15.1 Å². The van der Waals surface area contributed by atoms with Crippen LogP contribution in [-0.4, -0.2) is 65.9 Å². The van der Waals surface area contributed by atoms with Crippen LogP contribution in [0.25, 0.3) is 9.53 Å². The highest BCUT2D eigenvalue weighted by atomic mass is 35.5. The van der Waals surface area contributed by atoms with Crippen molar-refractivity contribution in [3.63, 3.8) is 0 Å². The number of hydrogen-bond acceptors (Lipinski definition) is 6. The number of aromatic nitrogens is 1. The quantitative estimate of drug-likeness (QED) is 0.535. The van der Waals surface area contributed by atoms with Gasteiger partial charge < -0.3 is 14.7 Å². The van der Waals surface area contributed by atoms with Crippen molar-refractivity contribution in [2.75, 3.05) is 44.2 Å². The highest BCUT2D eigenvalue weighted by molar-refractivity contribution is 7.29. The first kappa shape index (κ1) is 22.0. The zero-order chi connectivity index (χ0) is 22.1. The Labute approximate surface area is 192 Å². The SMILES string of the molecule is CCN(CC)c1nc2sc(C(=O)N3CCN(C(=O)c4cc(Cl)ccc4F)CC3)cc2s1. The molecule has 0 aliphatic carbocycles. The molecule has 31 heavy (non-hydrogen) atoms.